The van der Waals surface area contributed by atoms with Crippen LogP contribution in [0.1, 0.15) is 17.3 Å². The average Bonchev–Trinajstić information content (AvgIpc) is 2.26. The van der Waals surface area contributed by atoms with Crippen molar-refractivity contribution in [3.8, 4) is 0 Å². The summed E-state index contributed by atoms with van der Waals surface area (Å²) in [5, 5.41) is 8.11. The lowest BCUT2D eigenvalue weighted by atomic mass is 10.2. The minimum absolute atomic E-state index is 0.0504. The number of thioether (sulfide) groups is 1. The second-order valence-electron chi connectivity index (χ2n) is 3.22. The molecule has 0 spiro atoms. The number of ketones is 1. The second kappa shape index (κ2) is 6.06. The van der Waals surface area contributed by atoms with E-state index in [1.54, 1.807) is 31.2 Å². The largest absolute Gasteiger partial charge is 0.480 e. The fourth-order valence-corrected chi connectivity index (χ4v) is 1.97. The normalized spacial score (nSPS) is 12.1. The summed E-state index contributed by atoms with van der Waals surface area (Å²) in [4.78, 5) is 22.2. The molecule has 1 atom stereocenters. The molecule has 0 aliphatic carbocycles. The van der Waals surface area contributed by atoms with Crippen LogP contribution < -0.4 is 0 Å². The summed E-state index contributed by atoms with van der Waals surface area (Å²) in [7, 11) is 0. The average molecular weight is 303 g/mol. The van der Waals surface area contributed by atoms with Crippen LogP contribution in [0.5, 0.6) is 0 Å². The zero-order valence-electron chi connectivity index (χ0n) is 8.64. The Morgan fingerprint density at radius 3 is 2.44 bits per heavy atom. The van der Waals surface area contributed by atoms with Crippen LogP contribution in [-0.4, -0.2) is 27.9 Å². The highest BCUT2D eigenvalue weighted by Crippen LogP contribution is 2.15. The number of aliphatic carboxylic acids is 1. The number of rotatable bonds is 5. The van der Waals surface area contributed by atoms with Crippen molar-refractivity contribution in [2.24, 2.45) is 0 Å². The summed E-state index contributed by atoms with van der Waals surface area (Å²) in [5.74, 6) is -0.756. The molecule has 0 unspecified atom stereocenters. The maximum Gasteiger partial charge on any atom is 0.316 e. The molecular weight excluding hydrogens is 292 g/mol. The van der Waals surface area contributed by atoms with Crippen molar-refractivity contribution in [3.63, 3.8) is 0 Å². The fourth-order valence-electron chi connectivity index (χ4n) is 0.991. The molecule has 0 aromatic heterocycles. The van der Waals surface area contributed by atoms with E-state index in [-0.39, 0.29) is 11.5 Å². The van der Waals surface area contributed by atoms with E-state index in [0.29, 0.717) is 5.56 Å². The Hall–Kier alpha value is -0.810. The van der Waals surface area contributed by atoms with E-state index in [0.717, 1.165) is 16.2 Å². The minimum Gasteiger partial charge on any atom is -0.480 e. The van der Waals surface area contributed by atoms with Crippen LogP contribution in [0.15, 0.2) is 28.7 Å². The molecule has 0 heterocycles. The van der Waals surface area contributed by atoms with E-state index in [1.807, 2.05) is 0 Å². The van der Waals surface area contributed by atoms with Gasteiger partial charge in [-0.05, 0) is 19.1 Å². The first-order chi connectivity index (χ1) is 7.50. The first kappa shape index (κ1) is 13.3. The van der Waals surface area contributed by atoms with Crippen LogP contribution in [0.2, 0.25) is 0 Å². The van der Waals surface area contributed by atoms with Gasteiger partial charge in [0, 0.05) is 10.0 Å². The topological polar surface area (TPSA) is 54.4 Å². The molecule has 1 aromatic carbocycles. The molecule has 0 amide bonds. The highest BCUT2D eigenvalue weighted by molar-refractivity contribution is 9.10. The van der Waals surface area contributed by atoms with E-state index in [4.69, 9.17) is 5.11 Å². The first-order valence-electron chi connectivity index (χ1n) is 4.64. The third kappa shape index (κ3) is 3.98. The second-order valence-corrected chi connectivity index (χ2v) is 5.47. The molecular formula is C11H11BrO3S. The predicted molar refractivity (Wildman–Crippen MR) is 68.0 cm³/mol. The molecule has 0 saturated heterocycles. The van der Waals surface area contributed by atoms with Crippen LogP contribution in [0.3, 0.4) is 0 Å². The van der Waals surface area contributed by atoms with Crippen molar-refractivity contribution in [1.29, 1.82) is 0 Å². The Balaban J connectivity index is 2.53. The van der Waals surface area contributed by atoms with Crippen molar-refractivity contribution in [2.75, 3.05) is 5.75 Å². The SMILES string of the molecule is C[C@@H](SCC(=O)c1ccc(Br)cc1)C(=O)O. The summed E-state index contributed by atoms with van der Waals surface area (Å²) < 4.78 is 0.913. The lowest BCUT2D eigenvalue weighted by Gasteiger charge is -2.05. The molecule has 5 heteroatoms. The number of Topliss-reactive ketones (excluding diaryl/α,β-unsaturated/α-hetero) is 1. The van der Waals surface area contributed by atoms with Crippen LogP contribution >= 0.6 is 27.7 Å². The van der Waals surface area contributed by atoms with Gasteiger partial charge >= 0.3 is 5.97 Å². The molecule has 0 aliphatic heterocycles. The zero-order valence-corrected chi connectivity index (χ0v) is 11.0. The van der Waals surface area contributed by atoms with Gasteiger partial charge in [-0.25, -0.2) is 0 Å². The van der Waals surface area contributed by atoms with E-state index >= 15 is 0 Å². The number of hydrogen-bond donors (Lipinski definition) is 1. The molecule has 86 valence electrons. The van der Waals surface area contributed by atoms with Gasteiger partial charge in [0.05, 0.1) is 11.0 Å². The summed E-state index contributed by atoms with van der Waals surface area (Å²) in [5.41, 5.74) is 0.605. The summed E-state index contributed by atoms with van der Waals surface area (Å²) in [6.45, 7) is 1.57. The van der Waals surface area contributed by atoms with Crippen LogP contribution in [0.25, 0.3) is 0 Å². The monoisotopic (exact) mass is 302 g/mol. The predicted octanol–water partition coefficient (Wildman–Crippen LogP) is 2.84. The summed E-state index contributed by atoms with van der Waals surface area (Å²) >= 11 is 4.41. The number of carbonyl (C=O) groups is 2. The highest BCUT2D eigenvalue weighted by atomic mass is 79.9. The van der Waals surface area contributed by atoms with Gasteiger partial charge < -0.3 is 5.11 Å². The Labute approximate surface area is 106 Å². The molecule has 16 heavy (non-hydrogen) atoms. The van der Waals surface area contributed by atoms with Crippen molar-refractivity contribution < 1.29 is 14.7 Å². The lowest BCUT2D eigenvalue weighted by Crippen LogP contribution is -2.14. The molecule has 1 N–H and O–H groups in total. The summed E-state index contributed by atoms with van der Waals surface area (Å²) in [6.07, 6.45) is 0. The van der Waals surface area contributed by atoms with E-state index in [2.05, 4.69) is 15.9 Å². The number of hydrogen-bond acceptors (Lipinski definition) is 3. The maximum absolute atomic E-state index is 11.7. The Morgan fingerprint density at radius 2 is 1.94 bits per heavy atom. The van der Waals surface area contributed by atoms with Crippen molar-refractivity contribution in [1.82, 2.24) is 0 Å². The number of carboxylic acids is 1. The van der Waals surface area contributed by atoms with E-state index < -0.39 is 11.2 Å². The molecule has 3 nitrogen and oxygen atoms in total. The molecule has 0 aliphatic rings. The molecule has 1 rings (SSSR count). The number of carboxylic acid groups (broad SMARTS) is 1. The molecule has 0 fully saturated rings. The number of benzene rings is 1. The zero-order chi connectivity index (χ0) is 12.1. The van der Waals surface area contributed by atoms with E-state index in [9.17, 15) is 9.59 Å². The maximum atomic E-state index is 11.7. The van der Waals surface area contributed by atoms with Crippen LogP contribution in [-0.2, 0) is 4.79 Å². The molecule has 0 radical (unpaired) electrons. The quantitative estimate of drug-likeness (QED) is 0.850. The molecule has 1 aromatic rings. The van der Waals surface area contributed by atoms with Gasteiger partial charge in [-0.3, -0.25) is 9.59 Å². The van der Waals surface area contributed by atoms with E-state index in [1.165, 1.54) is 0 Å². The summed E-state index contributed by atoms with van der Waals surface area (Å²) in [6, 6.07) is 7.02. The van der Waals surface area contributed by atoms with Crippen LogP contribution in [0, 0.1) is 0 Å². The van der Waals surface area contributed by atoms with Gasteiger partial charge in [-0.1, -0.05) is 28.1 Å². The molecule has 0 bridgehead atoms. The highest BCUT2D eigenvalue weighted by Gasteiger charge is 2.14. The number of halogens is 1. The minimum atomic E-state index is -0.895. The standard InChI is InChI=1S/C11H11BrO3S/c1-7(11(14)15)16-6-10(13)8-2-4-9(12)5-3-8/h2-5,7H,6H2,1H3,(H,14,15)/t7-/m1/s1. The van der Waals surface area contributed by atoms with Gasteiger partial charge in [-0.2, -0.15) is 0 Å². The van der Waals surface area contributed by atoms with Gasteiger partial charge in [0.2, 0.25) is 0 Å². The Bertz CT molecular complexity index is 389. The Morgan fingerprint density at radius 1 is 1.38 bits per heavy atom. The van der Waals surface area contributed by atoms with Gasteiger partial charge in [0.25, 0.3) is 0 Å². The first-order valence-corrected chi connectivity index (χ1v) is 6.48. The van der Waals surface area contributed by atoms with Gasteiger partial charge in [0.15, 0.2) is 5.78 Å². The third-order valence-electron chi connectivity index (χ3n) is 1.98. The lowest BCUT2D eigenvalue weighted by molar-refractivity contribution is -0.136. The Kier molecular flexibility index (Phi) is 5.02. The van der Waals surface area contributed by atoms with Crippen molar-refractivity contribution in [3.05, 3.63) is 34.3 Å². The fraction of sp³-hybridized carbons (Fsp3) is 0.273. The number of carbonyl (C=O) groups excluding carboxylic acids is 1. The smallest absolute Gasteiger partial charge is 0.316 e. The van der Waals surface area contributed by atoms with Gasteiger partial charge in [0.1, 0.15) is 0 Å². The third-order valence-corrected chi connectivity index (χ3v) is 3.64. The van der Waals surface area contributed by atoms with Crippen molar-refractivity contribution in [2.45, 2.75) is 12.2 Å². The van der Waals surface area contributed by atoms with Crippen LogP contribution in [0.4, 0.5) is 0 Å². The molecule has 0 saturated carbocycles. The van der Waals surface area contributed by atoms with Crippen molar-refractivity contribution >= 4 is 39.4 Å². The van der Waals surface area contributed by atoms with Gasteiger partial charge in [-0.15, -0.1) is 11.8 Å².